The van der Waals surface area contributed by atoms with Gasteiger partial charge in [0.05, 0.1) is 5.75 Å². The van der Waals surface area contributed by atoms with Crippen molar-refractivity contribution in [2.45, 2.75) is 31.2 Å². The Hall–Kier alpha value is -1.63. The number of rotatable bonds is 4. The van der Waals surface area contributed by atoms with Crippen LogP contribution in [0, 0.1) is 6.92 Å². The van der Waals surface area contributed by atoms with E-state index in [0.717, 1.165) is 12.1 Å². The van der Waals surface area contributed by atoms with Crippen LogP contribution in [0.4, 0.5) is 5.82 Å². The number of thioether (sulfide) groups is 1. The quantitative estimate of drug-likeness (QED) is 0.652. The van der Waals surface area contributed by atoms with Crippen molar-refractivity contribution in [2.75, 3.05) is 5.73 Å². The van der Waals surface area contributed by atoms with Crippen LogP contribution >= 0.6 is 11.8 Å². The summed E-state index contributed by atoms with van der Waals surface area (Å²) >= 11 is 1.44. The van der Waals surface area contributed by atoms with Crippen molar-refractivity contribution < 1.29 is 4.52 Å². The van der Waals surface area contributed by atoms with Gasteiger partial charge in [-0.25, -0.2) is 9.97 Å². The fourth-order valence-electron chi connectivity index (χ4n) is 1.25. The Labute approximate surface area is 103 Å². The molecule has 0 aliphatic heterocycles. The Morgan fingerprint density at radius 3 is 2.82 bits per heavy atom. The minimum absolute atomic E-state index is 0.474. The molecule has 0 fully saturated rings. The summed E-state index contributed by atoms with van der Waals surface area (Å²) in [6, 6.07) is 1.73. The highest BCUT2D eigenvalue weighted by Crippen LogP contribution is 2.19. The second-order valence-corrected chi connectivity index (χ2v) is 4.41. The molecule has 0 radical (unpaired) electrons. The van der Waals surface area contributed by atoms with Gasteiger partial charge < -0.3 is 10.3 Å². The molecule has 0 aliphatic carbocycles. The van der Waals surface area contributed by atoms with E-state index in [9.17, 15) is 0 Å². The minimum atomic E-state index is 0.474. The lowest BCUT2D eigenvalue weighted by Gasteiger charge is -2.00. The third kappa shape index (κ3) is 3.16. The highest BCUT2D eigenvalue weighted by molar-refractivity contribution is 7.98. The van der Waals surface area contributed by atoms with Crippen molar-refractivity contribution in [3.05, 3.63) is 23.5 Å². The molecule has 0 atom stereocenters. The van der Waals surface area contributed by atoms with Gasteiger partial charge in [-0.3, -0.25) is 0 Å². The van der Waals surface area contributed by atoms with Gasteiger partial charge in [-0.1, -0.05) is 23.8 Å². The molecule has 2 N–H and O–H groups in total. The van der Waals surface area contributed by atoms with Gasteiger partial charge in [0.25, 0.3) is 0 Å². The van der Waals surface area contributed by atoms with Crippen LogP contribution in [-0.2, 0) is 12.2 Å². The maximum absolute atomic E-state index is 5.64. The minimum Gasteiger partial charge on any atom is -0.384 e. The van der Waals surface area contributed by atoms with Crippen LogP contribution in [0.25, 0.3) is 0 Å². The molecule has 0 unspecified atom stereocenters. The first kappa shape index (κ1) is 11.8. The molecular formula is C10H13N5OS. The summed E-state index contributed by atoms with van der Waals surface area (Å²) in [6.45, 7) is 3.85. The first-order chi connectivity index (χ1) is 8.17. The number of aryl methyl sites for hydroxylation is 2. The van der Waals surface area contributed by atoms with E-state index in [0.29, 0.717) is 28.4 Å². The lowest BCUT2D eigenvalue weighted by Crippen LogP contribution is -1.97. The molecule has 0 spiro atoms. The fraction of sp³-hybridized carbons (Fsp3) is 0.400. The second-order valence-electron chi connectivity index (χ2n) is 3.46. The van der Waals surface area contributed by atoms with Crippen LogP contribution in [0.1, 0.15) is 24.3 Å². The molecule has 0 aromatic carbocycles. The predicted molar refractivity (Wildman–Crippen MR) is 64.4 cm³/mol. The van der Waals surface area contributed by atoms with Gasteiger partial charge >= 0.3 is 0 Å². The van der Waals surface area contributed by atoms with Crippen molar-refractivity contribution in [3.63, 3.8) is 0 Å². The molecule has 7 heteroatoms. The van der Waals surface area contributed by atoms with Crippen LogP contribution in [0.2, 0.25) is 0 Å². The van der Waals surface area contributed by atoms with Crippen LogP contribution in [-0.4, -0.2) is 20.1 Å². The molecule has 0 aliphatic rings. The van der Waals surface area contributed by atoms with E-state index >= 15 is 0 Å². The zero-order valence-electron chi connectivity index (χ0n) is 9.67. The van der Waals surface area contributed by atoms with Gasteiger partial charge in [-0.2, -0.15) is 4.98 Å². The summed E-state index contributed by atoms with van der Waals surface area (Å²) in [6.07, 6.45) is 0.742. The van der Waals surface area contributed by atoms with Gasteiger partial charge in [0.15, 0.2) is 11.0 Å². The van der Waals surface area contributed by atoms with Crippen LogP contribution in [0.3, 0.4) is 0 Å². The molecule has 2 aromatic rings. The van der Waals surface area contributed by atoms with Crippen molar-refractivity contribution in [2.24, 2.45) is 0 Å². The molecule has 2 heterocycles. The van der Waals surface area contributed by atoms with E-state index in [2.05, 4.69) is 20.1 Å². The Morgan fingerprint density at radius 1 is 1.35 bits per heavy atom. The first-order valence-corrected chi connectivity index (χ1v) is 6.21. The maximum atomic E-state index is 5.64. The highest BCUT2D eigenvalue weighted by Gasteiger charge is 2.07. The van der Waals surface area contributed by atoms with E-state index < -0.39 is 0 Å². The predicted octanol–water partition coefficient (Wildman–Crippen LogP) is 1.60. The standard InChI is InChI=1S/C10H13N5OS/c1-3-9-14-8(15-16-9)5-17-10-12-6(2)4-7(11)13-10/h4H,3,5H2,1-2H3,(H2,11,12,13). The molecule has 2 aromatic heterocycles. The van der Waals surface area contributed by atoms with Crippen molar-refractivity contribution in [1.82, 2.24) is 20.1 Å². The number of nitrogens with two attached hydrogens (primary N) is 1. The van der Waals surface area contributed by atoms with E-state index in [1.54, 1.807) is 6.07 Å². The zero-order chi connectivity index (χ0) is 12.3. The summed E-state index contributed by atoms with van der Waals surface area (Å²) in [5.74, 6) is 2.34. The molecule has 0 saturated carbocycles. The smallest absolute Gasteiger partial charge is 0.226 e. The molecular weight excluding hydrogens is 238 g/mol. The maximum Gasteiger partial charge on any atom is 0.226 e. The van der Waals surface area contributed by atoms with Crippen LogP contribution < -0.4 is 5.73 Å². The Bertz CT molecular complexity index is 493. The molecule has 2 rings (SSSR count). The normalized spacial score (nSPS) is 10.7. The summed E-state index contributed by atoms with van der Waals surface area (Å²) in [4.78, 5) is 12.6. The van der Waals surface area contributed by atoms with Gasteiger partial charge in [0, 0.05) is 18.2 Å². The van der Waals surface area contributed by atoms with Crippen molar-refractivity contribution >= 4 is 17.6 Å². The molecule has 17 heavy (non-hydrogen) atoms. The van der Waals surface area contributed by atoms with Gasteiger partial charge in [0.1, 0.15) is 5.82 Å². The third-order valence-electron chi connectivity index (χ3n) is 2.00. The number of hydrogen-bond acceptors (Lipinski definition) is 7. The molecule has 90 valence electrons. The van der Waals surface area contributed by atoms with E-state index in [1.807, 2.05) is 13.8 Å². The number of nitrogen functional groups attached to an aromatic ring is 1. The summed E-state index contributed by atoms with van der Waals surface area (Å²) < 4.78 is 5.01. The first-order valence-electron chi connectivity index (χ1n) is 5.22. The molecule has 0 amide bonds. The van der Waals surface area contributed by atoms with Crippen molar-refractivity contribution in [1.29, 1.82) is 0 Å². The highest BCUT2D eigenvalue weighted by atomic mass is 32.2. The SMILES string of the molecule is CCc1nc(CSc2nc(C)cc(N)n2)no1. The van der Waals surface area contributed by atoms with E-state index in [4.69, 9.17) is 10.3 Å². The fourth-order valence-corrected chi connectivity index (χ4v) is 2.00. The average Bonchev–Trinajstić information content (AvgIpc) is 2.73. The molecule has 0 saturated heterocycles. The van der Waals surface area contributed by atoms with Gasteiger partial charge in [-0.05, 0) is 6.92 Å². The average molecular weight is 251 g/mol. The number of aromatic nitrogens is 4. The summed E-state index contributed by atoms with van der Waals surface area (Å²) in [5, 5.41) is 4.48. The van der Waals surface area contributed by atoms with Crippen LogP contribution in [0.15, 0.2) is 15.7 Å². The zero-order valence-corrected chi connectivity index (χ0v) is 10.5. The van der Waals surface area contributed by atoms with E-state index in [1.165, 1.54) is 11.8 Å². The van der Waals surface area contributed by atoms with Crippen LogP contribution in [0.5, 0.6) is 0 Å². The second kappa shape index (κ2) is 5.13. The van der Waals surface area contributed by atoms with Gasteiger partial charge in [0.2, 0.25) is 5.89 Å². The lowest BCUT2D eigenvalue weighted by atomic mass is 10.4. The summed E-state index contributed by atoms with van der Waals surface area (Å²) in [5.41, 5.74) is 6.49. The summed E-state index contributed by atoms with van der Waals surface area (Å²) in [7, 11) is 0. The molecule has 0 bridgehead atoms. The van der Waals surface area contributed by atoms with Crippen molar-refractivity contribution in [3.8, 4) is 0 Å². The van der Waals surface area contributed by atoms with Gasteiger partial charge in [-0.15, -0.1) is 0 Å². The third-order valence-corrected chi connectivity index (χ3v) is 2.84. The topological polar surface area (TPSA) is 90.7 Å². The van der Waals surface area contributed by atoms with E-state index in [-0.39, 0.29) is 0 Å². The number of hydrogen-bond donors (Lipinski definition) is 1. The monoisotopic (exact) mass is 251 g/mol. The Balaban J connectivity index is 2.01. The lowest BCUT2D eigenvalue weighted by molar-refractivity contribution is 0.378. The Kier molecular flexibility index (Phi) is 3.58. The number of nitrogens with zero attached hydrogens (tertiary/aromatic N) is 4. The Morgan fingerprint density at radius 2 is 2.18 bits per heavy atom. The largest absolute Gasteiger partial charge is 0.384 e. The number of anilines is 1. The molecule has 6 nitrogen and oxygen atoms in total.